The van der Waals surface area contributed by atoms with E-state index in [1.54, 1.807) is 13.0 Å². The maximum Gasteiger partial charge on any atom is 0.244 e. The molecule has 0 aliphatic carbocycles. The van der Waals surface area contributed by atoms with Crippen LogP contribution < -0.4 is 9.62 Å². The SMILES string of the molecule is CC[C@H](C(=O)N[C@H](C)CCc1ccccc1)N(c1ccccc1F)S(C)(=O)=O. The summed E-state index contributed by atoms with van der Waals surface area (Å²) in [4.78, 5) is 12.8. The van der Waals surface area contributed by atoms with Gasteiger partial charge in [0.05, 0.1) is 11.9 Å². The molecule has 152 valence electrons. The Morgan fingerprint density at radius 3 is 2.29 bits per heavy atom. The molecule has 28 heavy (non-hydrogen) atoms. The van der Waals surface area contributed by atoms with Crippen LogP contribution in [-0.4, -0.2) is 32.7 Å². The van der Waals surface area contributed by atoms with Crippen LogP contribution >= 0.6 is 0 Å². The largest absolute Gasteiger partial charge is 0.352 e. The zero-order valence-electron chi connectivity index (χ0n) is 16.4. The molecule has 1 N–H and O–H groups in total. The Morgan fingerprint density at radius 1 is 1.11 bits per heavy atom. The summed E-state index contributed by atoms with van der Waals surface area (Å²) in [5, 5.41) is 2.88. The zero-order valence-corrected chi connectivity index (χ0v) is 17.2. The minimum absolute atomic E-state index is 0.121. The second kappa shape index (κ2) is 9.68. The number of carbonyl (C=O) groups excluding carboxylic acids is 1. The predicted octanol–water partition coefficient (Wildman–Crippen LogP) is 3.51. The monoisotopic (exact) mass is 406 g/mol. The Hall–Kier alpha value is -2.41. The molecule has 0 saturated heterocycles. The van der Waals surface area contributed by atoms with Crippen LogP contribution in [0.4, 0.5) is 10.1 Å². The number of rotatable bonds is 9. The lowest BCUT2D eigenvalue weighted by atomic mass is 10.1. The summed E-state index contributed by atoms with van der Waals surface area (Å²) >= 11 is 0. The molecule has 5 nitrogen and oxygen atoms in total. The molecule has 0 saturated carbocycles. The lowest BCUT2D eigenvalue weighted by molar-refractivity contribution is -0.122. The van der Waals surface area contributed by atoms with Crippen molar-refractivity contribution in [3.8, 4) is 0 Å². The molecule has 0 aliphatic rings. The third-order valence-corrected chi connectivity index (χ3v) is 5.68. The van der Waals surface area contributed by atoms with Gasteiger partial charge in [-0.3, -0.25) is 9.10 Å². The standard InChI is InChI=1S/C21H27FN2O3S/c1-4-19(24(28(3,26)27)20-13-9-8-12-18(20)22)21(25)23-16(2)14-15-17-10-6-5-7-11-17/h5-13,16,19H,4,14-15H2,1-3H3,(H,23,25)/t16-,19-/m1/s1. The van der Waals surface area contributed by atoms with Crippen LogP contribution in [-0.2, 0) is 21.2 Å². The lowest BCUT2D eigenvalue weighted by Gasteiger charge is -2.31. The normalized spacial score (nSPS) is 13.6. The average Bonchev–Trinajstić information content (AvgIpc) is 2.65. The number of para-hydroxylation sites is 1. The number of hydrogen-bond acceptors (Lipinski definition) is 3. The highest BCUT2D eigenvalue weighted by Crippen LogP contribution is 2.25. The second-order valence-electron chi connectivity index (χ2n) is 6.87. The van der Waals surface area contributed by atoms with Crippen molar-refractivity contribution >= 4 is 21.6 Å². The van der Waals surface area contributed by atoms with E-state index in [1.165, 1.54) is 23.8 Å². The van der Waals surface area contributed by atoms with Crippen molar-refractivity contribution < 1.29 is 17.6 Å². The summed E-state index contributed by atoms with van der Waals surface area (Å²) in [6, 6.07) is 14.3. The first-order valence-corrected chi connectivity index (χ1v) is 11.2. The van der Waals surface area contributed by atoms with Gasteiger partial charge in [0, 0.05) is 6.04 Å². The van der Waals surface area contributed by atoms with Gasteiger partial charge in [0.1, 0.15) is 11.9 Å². The highest BCUT2D eigenvalue weighted by molar-refractivity contribution is 7.92. The Labute approximate surface area is 166 Å². The second-order valence-corrected chi connectivity index (χ2v) is 8.73. The fourth-order valence-corrected chi connectivity index (χ4v) is 4.32. The van der Waals surface area contributed by atoms with Gasteiger partial charge in [-0.05, 0) is 43.9 Å². The van der Waals surface area contributed by atoms with Crippen molar-refractivity contribution in [3.63, 3.8) is 0 Å². The van der Waals surface area contributed by atoms with Crippen LogP contribution in [0, 0.1) is 5.82 Å². The summed E-state index contributed by atoms with van der Waals surface area (Å²) < 4.78 is 39.9. The first kappa shape index (κ1) is 21.9. The molecule has 0 bridgehead atoms. The van der Waals surface area contributed by atoms with E-state index >= 15 is 0 Å². The minimum atomic E-state index is -3.86. The van der Waals surface area contributed by atoms with Crippen molar-refractivity contribution in [2.45, 2.75) is 45.2 Å². The first-order valence-electron chi connectivity index (χ1n) is 9.32. The summed E-state index contributed by atoms with van der Waals surface area (Å²) in [5.74, 6) is -1.12. The average molecular weight is 407 g/mol. The molecule has 2 aromatic carbocycles. The van der Waals surface area contributed by atoms with Gasteiger partial charge >= 0.3 is 0 Å². The van der Waals surface area contributed by atoms with Crippen molar-refractivity contribution in [2.24, 2.45) is 0 Å². The van der Waals surface area contributed by atoms with E-state index in [0.717, 1.165) is 17.0 Å². The number of sulfonamides is 1. The Bertz CT molecular complexity index is 888. The molecular weight excluding hydrogens is 379 g/mol. The smallest absolute Gasteiger partial charge is 0.244 e. The van der Waals surface area contributed by atoms with Gasteiger partial charge in [0.25, 0.3) is 0 Å². The predicted molar refractivity (Wildman–Crippen MR) is 110 cm³/mol. The topological polar surface area (TPSA) is 66.5 Å². The third kappa shape index (κ3) is 5.79. The van der Waals surface area contributed by atoms with Gasteiger partial charge in [0.15, 0.2) is 0 Å². The van der Waals surface area contributed by atoms with Crippen LogP contribution in [0.15, 0.2) is 54.6 Å². The minimum Gasteiger partial charge on any atom is -0.352 e. The van der Waals surface area contributed by atoms with Gasteiger partial charge in [-0.25, -0.2) is 12.8 Å². The van der Waals surface area contributed by atoms with E-state index in [-0.39, 0.29) is 18.2 Å². The summed E-state index contributed by atoms with van der Waals surface area (Å²) in [6.07, 6.45) is 2.71. The molecule has 0 unspecified atom stereocenters. The fourth-order valence-electron chi connectivity index (χ4n) is 3.10. The number of anilines is 1. The summed E-state index contributed by atoms with van der Waals surface area (Å²) in [5.41, 5.74) is 1.05. The van der Waals surface area contributed by atoms with Gasteiger partial charge in [-0.15, -0.1) is 0 Å². The third-order valence-electron chi connectivity index (χ3n) is 4.52. The van der Waals surface area contributed by atoms with Crippen LogP contribution in [0.5, 0.6) is 0 Å². The number of carbonyl (C=O) groups is 1. The number of aryl methyl sites for hydroxylation is 1. The number of halogens is 1. The van der Waals surface area contributed by atoms with Crippen LogP contribution in [0.3, 0.4) is 0 Å². The van der Waals surface area contributed by atoms with Gasteiger partial charge in [-0.1, -0.05) is 49.4 Å². The quantitative estimate of drug-likeness (QED) is 0.693. The Balaban J connectivity index is 2.14. The van der Waals surface area contributed by atoms with E-state index in [1.807, 2.05) is 37.3 Å². The molecule has 7 heteroatoms. The highest BCUT2D eigenvalue weighted by Gasteiger charge is 2.33. The van der Waals surface area contributed by atoms with E-state index in [2.05, 4.69) is 5.32 Å². The van der Waals surface area contributed by atoms with Crippen LogP contribution in [0.2, 0.25) is 0 Å². The Morgan fingerprint density at radius 2 is 1.71 bits per heavy atom. The molecule has 0 heterocycles. The molecule has 0 fully saturated rings. The van der Waals surface area contributed by atoms with Gasteiger partial charge < -0.3 is 5.32 Å². The van der Waals surface area contributed by atoms with E-state index < -0.39 is 27.8 Å². The summed E-state index contributed by atoms with van der Waals surface area (Å²) in [7, 11) is -3.86. The van der Waals surface area contributed by atoms with Crippen molar-refractivity contribution in [3.05, 3.63) is 66.0 Å². The van der Waals surface area contributed by atoms with E-state index in [9.17, 15) is 17.6 Å². The molecule has 2 rings (SSSR count). The number of hydrogen-bond donors (Lipinski definition) is 1. The van der Waals surface area contributed by atoms with E-state index in [0.29, 0.717) is 6.42 Å². The molecule has 2 aromatic rings. The van der Waals surface area contributed by atoms with E-state index in [4.69, 9.17) is 0 Å². The number of nitrogens with one attached hydrogen (secondary N) is 1. The van der Waals surface area contributed by atoms with Crippen LogP contribution in [0.1, 0.15) is 32.3 Å². The number of nitrogens with zero attached hydrogens (tertiary/aromatic N) is 1. The lowest BCUT2D eigenvalue weighted by Crippen LogP contribution is -2.51. The Kier molecular flexibility index (Phi) is 7.57. The molecule has 0 aromatic heterocycles. The number of amides is 1. The first-order chi connectivity index (χ1) is 13.2. The van der Waals surface area contributed by atoms with Gasteiger partial charge in [0.2, 0.25) is 15.9 Å². The van der Waals surface area contributed by atoms with Gasteiger partial charge in [-0.2, -0.15) is 0 Å². The highest BCUT2D eigenvalue weighted by atomic mass is 32.2. The molecular formula is C21H27FN2O3S. The van der Waals surface area contributed by atoms with Crippen molar-refractivity contribution in [1.82, 2.24) is 5.32 Å². The molecule has 0 spiro atoms. The molecule has 0 aliphatic heterocycles. The molecule has 2 atom stereocenters. The van der Waals surface area contributed by atoms with Crippen molar-refractivity contribution in [1.29, 1.82) is 0 Å². The maximum absolute atomic E-state index is 14.3. The maximum atomic E-state index is 14.3. The molecule has 0 radical (unpaired) electrons. The van der Waals surface area contributed by atoms with Crippen molar-refractivity contribution in [2.75, 3.05) is 10.6 Å². The molecule has 1 amide bonds. The number of benzene rings is 2. The van der Waals surface area contributed by atoms with Crippen LogP contribution in [0.25, 0.3) is 0 Å². The zero-order chi connectivity index (χ0) is 20.7. The summed E-state index contributed by atoms with van der Waals surface area (Å²) in [6.45, 7) is 3.58. The fraction of sp³-hybridized carbons (Fsp3) is 0.381.